The Morgan fingerprint density at radius 3 is 2.56 bits per heavy atom. The second kappa shape index (κ2) is 4.15. The number of hydrogen-bond donors (Lipinski definition) is 0. The second-order valence-electron chi connectivity index (χ2n) is 5.13. The van der Waals surface area contributed by atoms with Gasteiger partial charge in [-0.25, -0.2) is 0 Å². The molecule has 1 aromatic carbocycles. The van der Waals surface area contributed by atoms with Gasteiger partial charge in [0.2, 0.25) is 0 Å². The molecular weight excluding hydrogens is 262 g/mol. The lowest BCUT2D eigenvalue weighted by molar-refractivity contribution is 0.161. The van der Waals surface area contributed by atoms with Crippen LogP contribution in [0.2, 0.25) is 0 Å². The first-order valence-electron chi connectivity index (χ1n) is 6.22. The molecule has 2 unspecified atom stereocenters. The summed E-state index contributed by atoms with van der Waals surface area (Å²) in [5.41, 5.74) is 1.45. The quantitative estimate of drug-likeness (QED) is 0.748. The molecule has 0 radical (unpaired) electrons. The smallest absolute Gasteiger partial charge is 0.0342 e. The molecule has 0 spiro atoms. The van der Waals surface area contributed by atoms with Crippen molar-refractivity contribution in [3.8, 4) is 0 Å². The first-order chi connectivity index (χ1) is 7.77. The van der Waals surface area contributed by atoms with Crippen LogP contribution < -0.4 is 0 Å². The van der Waals surface area contributed by atoms with Crippen molar-refractivity contribution in [3.05, 3.63) is 35.9 Å². The van der Waals surface area contributed by atoms with Crippen LogP contribution in [0.3, 0.4) is 0 Å². The summed E-state index contributed by atoms with van der Waals surface area (Å²) < 4.78 is 0. The second-order valence-corrected chi connectivity index (χ2v) is 6.19. The summed E-state index contributed by atoms with van der Waals surface area (Å²) in [4.78, 5) is 3.42. The molecule has 1 nitrogen and oxygen atoms in total. The number of halogens is 1. The van der Waals surface area contributed by atoms with Crippen LogP contribution in [0.25, 0.3) is 0 Å². The van der Waals surface area contributed by atoms with Crippen molar-refractivity contribution >= 4 is 15.9 Å². The minimum Gasteiger partial charge on any atom is -0.292 e. The van der Waals surface area contributed by atoms with Gasteiger partial charge in [0.25, 0.3) is 0 Å². The van der Waals surface area contributed by atoms with Crippen molar-refractivity contribution < 1.29 is 0 Å². The molecule has 1 saturated heterocycles. The molecule has 1 heterocycles. The fourth-order valence-corrected chi connectivity index (χ4v) is 4.33. The molecule has 1 aromatic rings. The summed E-state index contributed by atoms with van der Waals surface area (Å²) >= 11 is 3.87. The predicted octanol–water partition coefficient (Wildman–Crippen LogP) is 3.61. The summed E-state index contributed by atoms with van der Waals surface area (Å²) in [5.74, 6) is 0.885. The van der Waals surface area contributed by atoms with E-state index in [4.69, 9.17) is 0 Å². The van der Waals surface area contributed by atoms with E-state index in [1.165, 1.54) is 24.9 Å². The van der Waals surface area contributed by atoms with E-state index < -0.39 is 0 Å². The van der Waals surface area contributed by atoms with Crippen molar-refractivity contribution in [1.29, 1.82) is 0 Å². The minimum atomic E-state index is 0.566. The third-order valence-electron chi connectivity index (χ3n) is 4.30. The third kappa shape index (κ3) is 1.63. The van der Waals surface area contributed by atoms with Crippen LogP contribution in [0.1, 0.15) is 31.4 Å². The molecule has 16 heavy (non-hydrogen) atoms. The first kappa shape index (κ1) is 10.8. The summed E-state index contributed by atoms with van der Waals surface area (Å²) in [5, 5.41) is 0. The van der Waals surface area contributed by atoms with Crippen LogP contribution in [0.5, 0.6) is 0 Å². The number of alkyl halides is 1. The fourth-order valence-electron chi connectivity index (χ4n) is 3.33. The van der Waals surface area contributed by atoms with Crippen molar-refractivity contribution in [1.82, 2.24) is 4.90 Å². The molecule has 2 fully saturated rings. The van der Waals surface area contributed by atoms with Gasteiger partial charge in [-0.1, -0.05) is 46.3 Å². The van der Waals surface area contributed by atoms with Gasteiger partial charge in [-0.2, -0.15) is 0 Å². The number of likely N-dealkylation sites (tertiary alicyclic amines) is 1. The summed E-state index contributed by atoms with van der Waals surface area (Å²) in [6, 6.07) is 12.2. The number of rotatable bonds is 2. The van der Waals surface area contributed by atoms with Crippen LogP contribution in [-0.2, 0) is 0 Å². The summed E-state index contributed by atoms with van der Waals surface area (Å²) in [7, 11) is 0. The van der Waals surface area contributed by atoms with Crippen molar-refractivity contribution in [2.45, 2.75) is 36.7 Å². The molecule has 1 aliphatic carbocycles. The van der Waals surface area contributed by atoms with Crippen LogP contribution in [-0.4, -0.2) is 22.3 Å². The Balaban J connectivity index is 1.80. The van der Waals surface area contributed by atoms with E-state index in [9.17, 15) is 0 Å². The van der Waals surface area contributed by atoms with E-state index in [1.54, 1.807) is 0 Å². The van der Waals surface area contributed by atoms with Gasteiger partial charge in [-0.05, 0) is 31.2 Å². The van der Waals surface area contributed by atoms with E-state index in [0.717, 1.165) is 16.8 Å². The average Bonchev–Trinajstić information content (AvgIpc) is 2.85. The molecule has 2 bridgehead atoms. The lowest BCUT2D eigenvalue weighted by Crippen LogP contribution is -2.35. The highest BCUT2D eigenvalue weighted by Crippen LogP contribution is 2.45. The Hall–Kier alpha value is -0.340. The highest BCUT2D eigenvalue weighted by Gasteiger charge is 2.46. The Kier molecular flexibility index (Phi) is 2.80. The van der Waals surface area contributed by atoms with Gasteiger partial charge in [0.1, 0.15) is 0 Å². The standard InChI is InChI=1S/C14H18BrN/c1-10(11-5-3-2-4-6-11)16-9-12-7-8-13(16)14(12)15/h2-6,10,12-14H,7-9H2,1H3/t10-,12?,13+,14?/m0/s1. The Morgan fingerprint density at radius 1 is 1.25 bits per heavy atom. The van der Waals surface area contributed by atoms with Crippen molar-refractivity contribution in [2.24, 2.45) is 5.92 Å². The van der Waals surface area contributed by atoms with Crippen LogP contribution >= 0.6 is 15.9 Å². The minimum absolute atomic E-state index is 0.566. The van der Waals surface area contributed by atoms with Gasteiger partial charge >= 0.3 is 0 Å². The van der Waals surface area contributed by atoms with Gasteiger partial charge in [-0.3, -0.25) is 4.90 Å². The molecule has 2 aliphatic rings. The summed E-state index contributed by atoms with van der Waals surface area (Å²) in [6.07, 6.45) is 2.79. The normalized spacial score (nSPS) is 35.5. The highest BCUT2D eigenvalue weighted by molar-refractivity contribution is 9.09. The van der Waals surface area contributed by atoms with E-state index in [0.29, 0.717) is 6.04 Å². The zero-order valence-electron chi connectivity index (χ0n) is 9.64. The number of hydrogen-bond acceptors (Lipinski definition) is 1. The molecule has 1 aliphatic heterocycles. The molecule has 86 valence electrons. The van der Waals surface area contributed by atoms with Gasteiger partial charge < -0.3 is 0 Å². The predicted molar refractivity (Wildman–Crippen MR) is 70.8 cm³/mol. The van der Waals surface area contributed by atoms with E-state index in [-0.39, 0.29) is 0 Å². The Labute approximate surface area is 106 Å². The van der Waals surface area contributed by atoms with Gasteiger partial charge in [-0.15, -0.1) is 0 Å². The maximum Gasteiger partial charge on any atom is 0.0342 e. The van der Waals surface area contributed by atoms with E-state index in [1.807, 2.05) is 0 Å². The zero-order chi connectivity index (χ0) is 11.1. The Bertz CT molecular complexity index is 364. The molecule has 4 atom stereocenters. The maximum absolute atomic E-state index is 3.87. The van der Waals surface area contributed by atoms with E-state index >= 15 is 0 Å². The number of fused-ring (bicyclic) bond motifs is 2. The third-order valence-corrected chi connectivity index (χ3v) is 5.66. The molecule has 1 saturated carbocycles. The fraction of sp³-hybridized carbons (Fsp3) is 0.571. The van der Waals surface area contributed by atoms with Crippen LogP contribution in [0, 0.1) is 5.92 Å². The first-order valence-corrected chi connectivity index (χ1v) is 7.13. The average molecular weight is 280 g/mol. The topological polar surface area (TPSA) is 3.24 Å². The zero-order valence-corrected chi connectivity index (χ0v) is 11.2. The molecular formula is C14H18BrN. The molecule has 0 N–H and O–H groups in total. The van der Waals surface area contributed by atoms with Crippen molar-refractivity contribution in [3.63, 3.8) is 0 Å². The Morgan fingerprint density at radius 2 is 2.00 bits per heavy atom. The van der Waals surface area contributed by atoms with Crippen LogP contribution in [0.4, 0.5) is 0 Å². The molecule has 0 aromatic heterocycles. The lowest BCUT2D eigenvalue weighted by Gasteiger charge is -2.33. The lowest BCUT2D eigenvalue weighted by atomic mass is 10.0. The highest BCUT2D eigenvalue weighted by atomic mass is 79.9. The van der Waals surface area contributed by atoms with Crippen molar-refractivity contribution in [2.75, 3.05) is 6.54 Å². The molecule has 2 heteroatoms. The summed E-state index contributed by atoms with van der Waals surface area (Å²) in [6.45, 7) is 3.62. The van der Waals surface area contributed by atoms with Gasteiger partial charge in [0.05, 0.1) is 0 Å². The van der Waals surface area contributed by atoms with Crippen LogP contribution in [0.15, 0.2) is 30.3 Å². The van der Waals surface area contributed by atoms with Gasteiger partial charge in [0, 0.05) is 23.5 Å². The van der Waals surface area contributed by atoms with Gasteiger partial charge in [0.15, 0.2) is 0 Å². The number of benzene rings is 1. The SMILES string of the molecule is C[C@@H](c1ccccc1)N1CC2CC[C@@H]1C2Br. The van der Waals surface area contributed by atoms with E-state index in [2.05, 4.69) is 58.1 Å². The monoisotopic (exact) mass is 279 g/mol. The largest absolute Gasteiger partial charge is 0.292 e. The number of piperidine rings is 1. The maximum atomic E-state index is 3.87. The molecule has 0 amide bonds. The molecule has 3 rings (SSSR count). The number of nitrogens with zero attached hydrogens (tertiary/aromatic N) is 1.